The molecule has 4 heteroatoms. The van der Waals surface area contributed by atoms with Crippen LogP contribution in [0.1, 0.15) is 12.8 Å². The van der Waals surface area contributed by atoms with Gasteiger partial charge in [0.15, 0.2) is 0 Å². The maximum Gasteiger partial charge on any atom is 0.305 e. The minimum Gasteiger partial charge on any atom is -0.469 e. The molecule has 0 N–H and O–H groups in total. The predicted octanol–water partition coefficient (Wildman–Crippen LogP) is 0.924. The molecule has 0 radical (unpaired) electrons. The summed E-state index contributed by atoms with van der Waals surface area (Å²) >= 11 is 0. The highest BCUT2D eigenvalue weighted by Gasteiger charge is 2.28. The molecule has 0 saturated carbocycles. The van der Waals surface area contributed by atoms with Gasteiger partial charge in [-0.1, -0.05) is 0 Å². The summed E-state index contributed by atoms with van der Waals surface area (Å²) in [7, 11) is 1.33. The minimum atomic E-state index is -0.908. The van der Waals surface area contributed by atoms with E-state index >= 15 is 0 Å². The first-order chi connectivity index (χ1) is 5.74. The molecular formula is C8H13FO3. The molecule has 12 heavy (non-hydrogen) atoms. The average molecular weight is 176 g/mol. The SMILES string of the molecule is COC(=O)CC[C@@H]1COC[C@H]1F. The summed E-state index contributed by atoms with van der Waals surface area (Å²) in [6.07, 6.45) is -0.103. The molecule has 0 unspecified atom stereocenters. The van der Waals surface area contributed by atoms with Gasteiger partial charge in [-0.25, -0.2) is 4.39 Å². The number of carbonyl (C=O) groups excluding carboxylic acids is 1. The lowest BCUT2D eigenvalue weighted by Gasteiger charge is -2.08. The number of alkyl halides is 1. The Kier molecular flexibility index (Phi) is 3.47. The van der Waals surface area contributed by atoms with E-state index in [1.165, 1.54) is 7.11 Å². The first-order valence-corrected chi connectivity index (χ1v) is 4.02. The van der Waals surface area contributed by atoms with Crippen LogP contribution in [0.25, 0.3) is 0 Å². The summed E-state index contributed by atoms with van der Waals surface area (Å²) in [6.45, 7) is 0.601. The zero-order chi connectivity index (χ0) is 8.97. The third kappa shape index (κ3) is 2.44. The van der Waals surface area contributed by atoms with Crippen molar-refractivity contribution in [1.29, 1.82) is 0 Å². The van der Waals surface area contributed by atoms with Gasteiger partial charge >= 0.3 is 5.97 Å². The molecular weight excluding hydrogens is 163 g/mol. The van der Waals surface area contributed by atoms with Crippen LogP contribution in [0, 0.1) is 5.92 Å². The van der Waals surface area contributed by atoms with Crippen LogP contribution >= 0.6 is 0 Å². The van der Waals surface area contributed by atoms with Gasteiger partial charge < -0.3 is 9.47 Å². The van der Waals surface area contributed by atoms with Gasteiger partial charge in [-0.2, -0.15) is 0 Å². The second-order valence-electron chi connectivity index (χ2n) is 2.93. The Morgan fingerprint density at radius 3 is 2.92 bits per heavy atom. The number of methoxy groups -OCH3 is 1. The lowest BCUT2D eigenvalue weighted by atomic mass is 10.0. The second-order valence-corrected chi connectivity index (χ2v) is 2.93. The third-order valence-corrected chi connectivity index (χ3v) is 2.07. The summed E-state index contributed by atoms with van der Waals surface area (Å²) < 4.78 is 22.2. The Balaban J connectivity index is 2.18. The van der Waals surface area contributed by atoms with Crippen molar-refractivity contribution in [2.75, 3.05) is 20.3 Å². The molecule has 1 rings (SSSR count). The smallest absolute Gasteiger partial charge is 0.305 e. The van der Waals surface area contributed by atoms with E-state index in [1.807, 2.05) is 0 Å². The number of esters is 1. The minimum absolute atomic E-state index is 0.121. The number of carbonyl (C=O) groups is 1. The largest absolute Gasteiger partial charge is 0.469 e. The van der Waals surface area contributed by atoms with E-state index in [1.54, 1.807) is 0 Å². The van der Waals surface area contributed by atoms with Crippen molar-refractivity contribution in [3.8, 4) is 0 Å². The first-order valence-electron chi connectivity index (χ1n) is 4.02. The highest BCUT2D eigenvalue weighted by Crippen LogP contribution is 2.21. The number of rotatable bonds is 3. The molecule has 3 nitrogen and oxygen atoms in total. The van der Waals surface area contributed by atoms with Gasteiger partial charge in [0.1, 0.15) is 6.17 Å². The molecule has 0 bridgehead atoms. The van der Waals surface area contributed by atoms with Crippen molar-refractivity contribution in [1.82, 2.24) is 0 Å². The molecule has 0 aromatic carbocycles. The van der Waals surface area contributed by atoms with Gasteiger partial charge in [0, 0.05) is 12.3 Å². The van der Waals surface area contributed by atoms with Gasteiger partial charge in [-0.05, 0) is 6.42 Å². The van der Waals surface area contributed by atoms with E-state index in [4.69, 9.17) is 4.74 Å². The van der Waals surface area contributed by atoms with Crippen molar-refractivity contribution in [3.63, 3.8) is 0 Å². The highest BCUT2D eigenvalue weighted by atomic mass is 19.1. The zero-order valence-corrected chi connectivity index (χ0v) is 7.09. The van der Waals surface area contributed by atoms with Gasteiger partial charge in [-0.3, -0.25) is 4.79 Å². The molecule has 1 heterocycles. The van der Waals surface area contributed by atoms with Crippen molar-refractivity contribution < 1.29 is 18.7 Å². The second kappa shape index (κ2) is 4.40. The third-order valence-electron chi connectivity index (χ3n) is 2.07. The van der Waals surface area contributed by atoms with E-state index in [0.29, 0.717) is 13.0 Å². The Hall–Kier alpha value is -0.640. The van der Waals surface area contributed by atoms with Crippen molar-refractivity contribution >= 4 is 5.97 Å². The summed E-state index contributed by atoms with van der Waals surface area (Å²) in [5.74, 6) is -0.404. The molecule has 0 aliphatic carbocycles. The Morgan fingerprint density at radius 2 is 2.42 bits per heavy atom. The molecule has 2 atom stereocenters. The van der Waals surface area contributed by atoms with Crippen LogP contribution in [0.15, 0.2) is 0 Å². The fraction of sp³-hybridized carbons (Fsp3) is 0.875. The van der Waals surface area contributed by atoms with E-state index in [2.05, 4.69) is 4.74 Å². The van der Waals surface area contributed by atoms with Crippen LogP contribution in [0.2, 0.25) is 0 Å². The molecule has 1 fully saturated rings. The van der Waals surface area contributed by atoms with Crippen molar-refractivity contribution in [2.45, 2.75) is 19.0 Å². The van der Waals surface area contributed by atoms with Crippen LogP contribution in [0.5, 0.6) is 0 Å². The van der Waals surface area contributed by atoms with E-state index in [-0.39, 0.29) is 24.9 Å². The van der Waals surface area contributed by atoms with E-state index < -0.39 is 6.17 Å². The number of hydrogen-bond acceptors (Lipinski definition) is 3. The van der Waals surface area contributed by atoms with Gasteiger partial charge in [-0.15, -0.1) is 0 Å². The molecule has 0 aromatic rings. The van der Waals surface area contributed by atoms with Crippen LogP contribution in [0.4, 0.5) is 4.39 Å². The maximum atomic E-state index is 12.9. The number of ether oxygens (including phenoxy) is 2. The summed E-state index contributed by atoms with van der Waals surface area (Å²) in [5.41, 5.74) is 0. The number of hydrogen-bond donors (Lipinski definition) is 0. The average Bonchev–Trinajstić information content (AvgIpc) is 2.47. The molecule has 1 aliphatic rings. The Labute approximate surface area is 70.8 Å². The fourth-order valence-electron chi connectivity index (χ4n) is 1.24. The normalized spacial score (nSPS) is 28.8. The van der Waals surface area contributed by atoms with Crippen molar-refractivity contribution in [3.05, 3.63) is 0 Å². The first kappa shape index (κ1) is 9.45. The molecule has 0 amide bonds. The van der Waals surface area contributed by atoms with Gasteiger partial charge in [0.25, 0.3) is 0 Å². The Bertz CT molecular complexity index is 160. The lowest BCUT2D eigenvalue weighted by Crippen LogP contribution is -2.15. The maximum absolute atomic E-state index is 12.9. The summed E-state index contributed by atoms with van der Waals surface area (Å²) in [4.78, 5) is 10.7. The number of halogens is 1. The topological polar surface area (TPSA) is 35.5 Å². The van der Waals surface area contributed by atoms with Crippen LogP contribution < -0.4 is 0 Å². The predicted molar refractivity (Wildman–Crippen MR) is 40.5 cm³/mol. The molecule has 0 aromatic heterocycles. The molecule has 0 spiro atoms. The van der Waals surface area contributed by atoms with Crippen molar-refractivity contribution in [2.24, 2.45) is 5.92 Å². The lowest BCUT2D eigenvalue weighted by molar-refractivity contribution is -0.141. The van der Waals surface area contributed by atoms with E-state index in [9.17, 15) is 9.18 Å². The standard InChI is InChI=1S/C8H13FO3/c1-11-8(10)3-2-6-4-12-5-7(6)9/h6-7H,2-5H2,1H3/t6-,7-/m1/s1. The fourth-order valence-corrected chi connectivity index (χ4v) is 1.24. The van der Waals surface area contributed by atoms with E-state index in [0.717, 1.165) is 0 Å². The van der Waals surface area contributed by atoms with Crippen LogP contribution in [-0.4, -0.2) is 32.5 Å². The molecule has 1 aliphatic heterocycles. The monoisotopic (exact) mass is 176 g/mol. The Morgan fingerprint density at radius 1 is 1.67 bits per heavy atom. The van der Waals surface area contributed by atoms with Gasteiger partial charge in [0.05, 0.1) is 20.3 Å². The molecule has 1 saturated heterocycles. The van der Waals surface area contributed by atoms with Crippen LogP contribution in [-0.2, 0) is 14.3 Å². The highest BCUT2D eigenvalue weighted by molar-refractivity contribution is 5.69. The quantitative estimate of drug-likeness (QED) is 0.600. The zero-order valence-electron chi connectivity index (χ0n) is 7.09. The summed E-state index contributed by atoms with van der Waals surface area (Å²) in [5, 5.41) is 0. The summed E-state index contributed by atoms with van der Waals surface area (Å²) in [6, 6.07) is 0. The van der Waals surface area contributed by atoms with Gasteiger partial charge in [0.2, 0.25) is 0 Å². The van der Waals surface area contributed by atoms with Crippen LogP contribution in [0.3, 0.4) is 0 Å². The molecule has 70 valence electrons.